The molecule has 1 saturated carbocycles. The predicted octanol–water partition coefficient (Wildman–Crippen LogP) is 3.32. The van der Waals surface area contributed by atoms with E-state index in [0.717, 1.165) is 25.0 Å². The standard InChI is InChI=1S/C14H16F3NO2/c1-9(18(8-13(19)20)12-6-7-12)10-2-4-11(5-3-10)14(15,16)17/h2-5,9,12H,6-8H2,1H3,(H,19,20). The van der Waals surface area contributed by atoms with E-state index in [1.165, 1.54) is 12.1 Å². The minimum Gasteiger partial charge on any atom is -0.480 e. The number of carbonyl (C=O) groups is 1. The maximum atomic E-state index is 12.5. The summed E-state index contributed by atoms with van der Waals surface area (Å²) in [4.78, 5) is 12.7. The number of aliphatic carboxylic acids is 1. The Labute approximate surface area is 115 Å². The van der Waals surface area contributed by atoms with Crippen LogP contribution in [0, 0.1) is 0 Å². The van der Waals surface area contributed by atoms with Crippen LogP contribution in [0.2, 0.25) is 0 Å². The Hall–Kier alpha value is -1.56. The molecule has 1 N–H and O–H groups in total. The van der Waals surface area contributed by atoms with Crippen LogP contribution in [0.4, 0.5) is 13.2 Å². The summed E-state index contributed by atoms with van der Waals surface area (Å²) < 4.78 is 37.5. The first kappa shape index (κ1) is 14.8. The Bertz CT molecular complexity index is 480. The third-order valence-electron chi connectivity index (χ3n) is 3.55. The summed E-state index contributed by atoms with van der Waals surface area (Å²) in [6.07, 6.45) is -2.46. The summed E-state index contributed by atoms with van der Waals surface area (Å²) in [6.45, 7) is 1.73. The molecule has 1 aromatic carbocycles. The summed E-state index contributed by atoms with van der Waals surface area (Å²) in [5, 5.41) is 8.92. The molecule has 1 unspecified atom stereocenters. The fourth-order valence-corrected chi connectivity index (χ4v) is 2.29. The molecule has 1 aromatic rings. The van der Waals surface area contributed by atoms with Crippen molar-refractivity contribution in [3.8, 4) is 0 Å². The number of rotatable bonds is 5. The highest BCUT2D eigenvalue weighted by Crippen LogP contribution is 2.35. The van der Waals surface area contributed by atoms with Crippen molar-refractivity contribution in [2.75, 3.05) is 6.54 Å². The molecule has 2 rings (SSSR count). The highest BCUT2D eigenvalue weighted by atomic mass is 19.4. The molecule has 0 aliphatic heterocycles. The minimum absolute atomic E-state index is 0.0904. The molecular formula is C14H16F3NO2. The van der Waals surface area contributed by atoms with Gasteiger partial charge in [-0.05, 0) is 37.5 Å². The van der Waals surface area contributed by atoms with Crippen LogP contribution in [0.5, 0.6) is 0 Å². The third-order valence-corrected chi connectivity index (χ3v) is 3.55. The van der Waals surface area contributed by atoms with Crippen LogP contribution in [0.25, 0.3) is 0 Å². The van der Waals surface area contributed by atoms with E-state index >= 15 is 0 Å². The van der Waals surface area contributed by atoms with Gasteiger partial charge in [0.25, 0.3) is 0 Å². The maximum absolute atomic E-state index is 12.5. The van der Waals surface area contributed by atoms with Gasteiger partial charge in [-0.1, -0.05) is 12.1 Å². The molecule has 1 fully saturated rings. The first-order valence-electron chi connectivity index (χ1n) is 6.43. The second-order valence-electron chi connectivity index (χ2n) is 5.09. The monoisotopic (exact) mass is 287 g/mol. The Morgan fingerprint density at radius 1 is 1.35 bits per heavy atom. The van der Waals surface area contributed by atoms with Gasteiger partial charge in [0.05, 0.1) is 12.1 Å². The lowest BCUT2D eigenvalue weighted by Crippen LogP contribution is -2.34. The average molecular weight is 287 g/mol. The number of carboxylic acid groups (broad SMARTS) is 1. The lowest BCUT2D eigenvalue weighted by Gasteiger charge is -2.28. The van der Waals surface area contributed by atoms with Gasteiger partial charge in [0.15, 0.2) is 0 Å². The van der Waals surface area contributed by atoms with E-state index in [-0.39, 0.29) is 18.6 Å². The van der Waals surface area contributed by atoms with Crippen LogP contribution in [0.1, 0.15) is 36.9 Å². The van der Waals surface area contributed by atoms with E-state index in [4.69, 9.17) is 5.11 Å². The van der Waals surface area contributed by atoms with Gasteiger partial charge in [0.2, 0.25) is 0 Å². The van der Waals surface area contributed by atoms with E-state index < -0.39 is 17.7 Å². The zero-order valence-electron chi connectivity index (χ0n) is 11.0. The highest BCUT2D eigenvalue weighted by Gasteiger charge is 2.34. The topological polar surface area (TPSA) is 40.5 Å². The number of carboxylic acids is 1. The maximum Gasteiger partial charge on any atom is 0.416 e. The van der Waals surface area contributed by atoms with Gasteiger partial charge in [-0.25, -0.2) is 0 Å². The molecule has 0 aromatic heterocycles. The summed E-state index contributed by atoms with van der Waals surface area (Å²) in [6, 6.07) is 4.94. The third kappa shape index (κ3) is 3.50. The molecule has 0 bridgehead atoms. The fourth-order valence-electron chi connectivity index (χ4n) is 2.29. The van der Waals surface area contributed by atoms with Gasteiger partial charge in [-0.2, -0.15) is 13.2 Å². The summed E-state index contributed by atoms with van der Waals surface area (Å²) in [5.74, 6) is -0.921. The van der Waals surface area contributed by atoms with Crippen LogP contribution < -0.4 is 0 Å². The molecule has 1 atom stereocenters. The summed E-state index contributed by atoms with van der Waals surface area (Å²) >= 11 is 0. The molecule has 3 nitrogen and oxygen atoms in total. The van der Waals surface area contributed by atoms with Crippen molar-refractivity contribution in [1.82, 2.24) is 4.90 Å². The van der Waals surface area contributed by atoms with Gasteiger partial charge in [0, 0.05) is 12.1 Å². The number of nitrogens with zero attached hydrogens (tertiary/aromatic N) is 1. The first-order valence-corrected chi connectivity index (χ1v) is 6.43. The van der Waals surface area contributed by atoms with Crippen LogP contribution in [0.3, 0.4) is 0 Å². The zero-order chi connectivity index (χ0) is 14.9. The second-order valence-corrected chi connectivity index (χ2v) is 5.09. The first-order chi connectivity index (χ1) is 9.29. The number of hydrogen-bond donors (Lipinski definition) is 1. The van der Waals surface area contributed by atoms with E-state index in [1.807, 2.05) is 11.8 Å². The van der Waals surface area contributed by atoms with E-state index in [9.17, 15) is 18.0 Å². The quantitative estimate of drug-likeness (QED) is 0.903. The van der Waals surface area contributed by atoms with Crippen molar-refractivity contribution in [1.29, 1.82) is 0 Å². The van der Waals surface area contributed by atoms with Crippen LogP contribution in [-0.2, 0) is 11.0 Å². The van der Waals surface area contributed by atoms with Crippen molar-refractivity contribution in [3.63, 3.8) is 0 Å². The van der Waals surface area contributed by atoms with Gasteiger partial charge in [-0.15, -0.1) is 0 Å². The lowest BCUT2D eigenvalue weighted by molar-refractivity contribution is -0.139. The normalized spacial score (nSPS) is 17.2. The molecule has 0 spiro atoms. The molecule has 0 radical (unpaired) electrons. The number of alkyl halides is 3. The smallest absolute Gasteiger partial charge is 0.416 e. The Morgan fingerprint density at radius 2 is 1.90 bits per heavy atom. The molecule has 0 saturated heterocycles. The second kappa shape index (κ2) is 5.44. The Kier molecular flexibility index (Phi) is 4.04. The molecule has 110 valence electrons. The van der Waals surface area contributed by atoms with Crippen molar-refractivity contribution >= 4 is 5.97 Å². The van der Waals surface area contributed by atoms with Crippen molar-refractivity contribution in [3.05, 3.63) is 35.4 Å². The average Bonchev–Trinajstić information content (AvgIpc) is 3.18. The van der Waals surface area contributed by atoms with Crippen molar-refractivity contribution in [2.45, 2.75) is 38.0 Å². The van der Waals surface area contributed by atoms with Crippen LogP contribution in [-0.4, -0.2) is 28.6 Å². The largest absolute Gasteiger partial charge is 0.480 e. The highest BCUT2D eigenvalue weighted by molar-refractivity contribution is 5.69. The van der Waals surface area contributed by atoms with Gasteiger partial charge >= 0.3 is 12.1 Å². The predicted molar refractivity (Wildman–Crippen MR) is 67.2 cm³/mol. The zero-order valence-corrected chi connectivity index (χ0v) is 11.0. The number of halogens is 3. The van der Waals surface area contributed by atoms with E-state index in [2.05, 4.69) is 0 Å². The summed E-state index contributed by atoms with van der Waals surface area (Å²) in [7, 11) is 0. The SMILES string of the molecule is CC(c1ccc(C(F)(F)F)cc1)N(CC(=O)O)C1CC1. The summed E-state index contributed by atoms with van der Waals surface area (Å²) in [5.41, 5.74) is 0.0100. The van der Waals surface area contributed by atoms with Gasteiger partial charge in [0.1, 0.15) is 0 Å². The molecular weight excluding hydrogens is 271 g/mol. The fraction of sp³-hybridized carbons (Fsp3) is 0.500. The molecule has 0 amide bonds. The minimum atomic E-state index is -4.35. The van der Waals surface area contributed by atoms with Crippen LogP contribution in [0.15, 0.2) is 24.3 Å². The van der Waals surface area contributed by atoms with Gasteiger partial charge in [-0.3, -0.25) is 9.69 Å². The van der Waals surface area contributed by atoms with Crippen molar-refractivity contribution in [2.24, 2.45) is 0 Å². The molecule has 1 aliphatic carbocycles. The van der Waals surface area contributed by atoms with E-state index in [1.54, 1.807) is 0 Å². The van der Waals surface area contributed by atoms with Crippen molar-refractivity contribution < 1.29 is 23.1 Å². The number of hydrogen-bond acceptors (Lipinski definition) is 2. The van der Waals surface area contributed by atoms with E-state index in [0.29, 0.717) is 5.56 Å². The molecule has 1 aliphatic rings. The number of benzene rings is 1. The molecule has 0 heterocycles. The lowest BCUT2D eigenvalue weighted by atomic mass is 10.0. The van der Waals surface area contributed by atoms with Crippen LogP contribution >= 0.6 is 0 Å². The van der Waals surface area contributed by atoms with Gasteiger partial charge < -0.3 is 5.11 Å². The Morgan fingerprint density at radius 3 is 2.30 bits per heavy atom. The molecule has 20 heavy (non-hydrogen) atoms. The Balaban J connectivity index is 2.14. The molecule has 6 heteroatoms.